The minimum Gasteiger partial charge on any atom is -0.479 e. The molecule has 130 valence electrons. The zero-order valence-corrected chi connectivity index (χ0v) is 13.4. The summed E-state index contributed by atoms with van der Waals surface area (Å²) in [4.78, 5) is 23.8. The van der Waals surface area contributed by atoms with Crippen LogP contribution in [0.2, 0.25) is 0 Å². The van der Waals surface area contributed by atoms with Crippen molar-refractivity contribution in [2.75, 3.05) is 11.5 Å². The van der Waals surface area contributed by atoms with Gasteiger partial charge in [0.2, 0.25) is 5.91 Å². The zero-order chi connectivity index (χ0) is 17.5. The first-order chi connectivity index (χ1) is 11.2. The van der Waals surface area contributed by atoms with Crippen LogP contribution in [-0.4, -0.2) is 34.0 Å². The Bertz CT molecular complexity index is 671. The monoisotopic (exact) mass is 359 g/mol. The fraction of sp³-hybridized carbons (Fsp3) is 0.500. The Kier molecular flexibility index (Phi) is 4.27. The van der Waals surface area contributed by atoms with E-state index in [2.05, 4.69) is 5.32 Å². The maximum absolute atomic E-state index is 13.1. The molecule has 3 rings (SSSR count). The Morgan fingerprint density at radius 3 is 2.58 bits per heavy atom. The highest BCUT2D eigenvalue weighted by Gasteiger charge is 2.51. The van der Waals surface area contributed by atoms with Crippen LogP contribution in [0.3, 0.4) is 0 Å². The number of amides is 1. The molecule has 1 aliphatic heterocycles. The van der Waals surface area contributed by atoms with Gasteiger partial charge in [0.15, 0.2) is 0 Å². The van der Waals surface area contributed by atoms with Crippen LogP contribution in [0.15, 0.2) is 24.3 Å². The van der Waals surface area contributed by atoms with E-state index >= 15 is 0 Å². The number of carboxylic acids is 1. The molecule has 8 heteroatoms. The quantitative estimate of drug-likeness (QED) is 0.868. The number of hydrogen-bond acceptors (Lipinski definition) is 3. The number of carbonyl (C=O) groups is 2. The number of alkyl halides is 3. The molecule has 1 saturated carbocycles. The lowest BCUT2D eigenvalue weighted by atomic mass is 9.98. The van der Waals surface area contributed by atoms with Crippen molar-refractivity contribution in [3.8, 4) is 0 Å². The number of nitrogens with one attached hydrogen (secondary N) is 1. The molecule has 0 radical (unpaired) electrons. The molecule has 4 nitrogen and oxygen atoms in total. The van der Waals surface area contributed by atoms with E-state index < -0.39 is 41.0 Å². The molecule has 2 N–H and O–H groups in total. The molecule has 1 heterocycles. The van der Waals surface area contributed by atoms with Gasteiger partial charge in [0.05, 0.1) is 5.56 Å². The molecule has 2 aliphatic rings. The molecule has 1 amide bonds. The van der Waals surface area contributed by atoms with Crippen molar-refractivity contribution in [3.63, 3.8) is 0 Å². The van der Waals surface area contributed by atoms with Gasteiger partial charge in [0.1, 0.15) is 5.54 Å². The summed E-state index contributed by atoms with van der Waals surface area (Å²) in [6, 6.07) is 5.23. The average molecular weight is 359 g/mol. The van der Waals surface area contributed by atoms with Crippen LogP contribution in [0.4, 0.5) is 13.2 Å². The number of aliphatic carboxylic acids is 1. The Hall–Kier alpha value is -1.70. The molecule has 0 spiro atoms. The van der Waals surface area contributed by atoms with Crippen LogP contribution in [0.25, 0.3) is 0 Å². The molecule has 3 unspecified atom stereocenters. The fourth-order valence-electron chi connectivity index (χ4n) is 3.12. The smallest absolute Gasteiger partial charge is 0.416 e. The largest absolute Gasteiger partial charge is 0.479 e. The van der Waals surface area contributed by atoms with E-state index in [4.69, 9.17) is 0 Å². The molecule has 24 heavy (non-hydrogen) atoms. The zero-order valence-electron chi connectivity index (χ0n) is 12.6. The van der Waals surface area contributed by atoms with Crippen molar-refractivity contribution in [1.29, 1.82) is 0 Å². The summed E-state index contributed by atoms with van der Waals surface area (Å²) in [6.07, 6.45) is -3.83. The van der Waals surface area contributed by atoms with Gasteiger partial charge >= 0.3 is 12.1 Å². The molecule has 0 bridgehead atoms. The van der Waals surface area contributed by atoms with Gasteiger partial charge in [-0.3, -0.25) is 4.79 Å². The number of rotatable bonds is 4. The summed E-state index contributed by atoms with van der Waals surface area (Å²) in [5, 5.41) is 11.9. The first-order valence-corrected chi connectivity index (χ1v) is 8.69. The van der Waals surface area contributed by atoms with Gasteiger partial charge in [-0.1, -0.05) is 18.2 Å². The molecule has 1 aliphatic carbocycles. The summed E-state index contributed by atoms with van der Waals surface area (Å²) in [5.41, 5.74) is -1.91. The lowest BCUT2D eigenvalue weighted by Crippen LogP contribution is -2.55. The molecule has 1 saturated heterocycles. The van der Waals surface area contributed by atoms with Gasteiger partial charge in [-0.25, -0.2) is 4.79 Å². The van der Waals surface area contributed by atoms with Gasteiger partial charge in [-0.15, -0.1) is 0 Å². The second kappa shape index (κ2) is 5.98. The highest BCUT2D eigenvalue weighted by atomic mass is 32.2. The van der Waals surface area contributed by atoms with Gasteiger partial charge in [0.25, 0.3) is 0 Å². The van der Waals surface area contributed by atoms with Gasteiger partial charge in [-0.2, -0.15) is 24.9 Å². The van der Waals surface area contributed by atoms with Gasteiger partial charge in [0, 0.05) is 11.7 Å². The average Bonchev–Trinajstić information content (AvgIpc) is 3.18. The number of carbonyl (C=O) groups excluding carboxylic acids is 1. The molecular weight excluding hydrogens is 343 g/mol. The second-order valence-corrected chi connectivity index (χ2v) is 7.32. The van der Waals surface area contributed by atoms with Crippen molar-refractivity contribution in [1.82, 2.24) is 5.32 Å². The van der Waals surface area contributed by atoms with Gasteiger partial charge in [-0.05, 0) is 36.1 Å². The Balaban J connectivity index is 1.74. The van der Waals surface area contributed by atoms with Crippen LogP contribution in [0, 0.1) is 5.92 Å². The number of hydrogen-bond donors (Lipinski definition) is 2. The molecule has 1 aromatic rings. The molecular formula is C16H16F3NO3S. The normalized spacial score (nSPS) is 29.3. The van der Waals surface area contributed by atoms with Crippen molar-refractivity contribution < 1.29 is 27.9 Å². The van der Waals surface area contributed by atoms with Crippen LogP contribution in [-0.2, 0) is 15.8 Å². The minimum atomic E-state index is -4.47. The van der Waals surface area contributed by atoms with Crippen molar-refractivity contribution >= 4 is 23.6 Å². The predicted molar refractivity (Wildman–Crippen MR) is 82.7 cm³/mol. The molecule has 3 atom stereocenters. The Morgan fingerprint density at radius 2 is 2.00 bits per heavy atom. The SMILES string of the molecule is O=C(NC1(C(=O)O)CCSC1)C1CC1c1ccccc1C(F)(F)F. The third-order valence-electron chi connectivity index (χ3n) is 4.59. The van der Waals surface area contributed by atoms with Crippen LogP contribution in [0.5, 0.6) is 0 Å². The first-order valence-electron chi connectivity index (χ1n) is 7.54. The Labute approximate surface area is 140 Å². The molecule has 0 aromatic heterocycles. The number of benzene rings is 1. The van der Waals surface area contributed by atoms with Crippen molar-refractivity contribution in [2.45, 2.75) is 30.5 Å². The van der Waals surface area contributed by atoms with E-state index in [9.17, 15) is 27.9 Å². The summed E-state index contributed by atoms with van der Waals surface area (Å²) in [7, 11) is 0. The van der Waals surface area contributed by atoms with E-state index in [1.807, 2.05) is 0 Å². The molecule has 2 fully saturated rings. The molecule has 1 aromatic carbocycles. The van der Waals surface area contributed by atoms with E-state index in [-0.39, 0.29) is 11.3 Å². The standard InChI is InChI=1S/C16H16F3NO3S/c17-16(18,19)12-4-2-1-3-9(12)10-7-11(10)13(21)20-15(14(22)23)5-6-24-8-15/h1-4,10-11H,5-8H2,(H,20,21)(H,22,23). The van der Waals surface area contributed by atoms with Gasteiger partial charge < -0.3 is 10.4 Å². The second-order valence-electron chi connectivity index (χ2n) is 6.21. The maximum Gasteiger partial charge on any atom is 0.416 e. The van der Waals surface area contributed by atoms with E-state index in [1.165, 1.54) is 30.0 Å². The summed E-state index contributed by atoms with van der Waals surface area (Å²) in [5.74, 6) is -1.75. The highest BCUT2D eigenvalue weighted by molar-refractivity contribution is 7.99. The van der Waals surface area contributed by atoms with Crippen molar-refractivity contribution in [2.24, 2.45) is 5.92 Å². The third-order valence-corrected chi connectivity index (χ3v) is 5.78. The highest BCUT2D eigenvalue weighted by Crippen LogP contribution is 2.51. The fourth-order valence-corrected chi connectivity index (χ4v) is 4.45. The summed E-state index contributed by atoms with van der Waals surface area (Å²) >= 11 is 1.44. The topological polar surface area (TPSA) is 66.4 Å². The minimum absolute atomic E-state index is 0.107. The van der Waals surface area contributed by atoms with E-state index in [0.29, 0.717) is 18.6 Å². The number of halogens is 3. The predicted octanol–water partition coefficient (Wildman–Crippen LogP) is 2.89. The van der Waals surface area contributed by atoms with Crippen LogP contribution < -0.4 is 5.32 Å². The number of carboxylic acid groups (broad SMARTS) is 1. The maximum atomic E-state index is 13.1. The lowest BCUT2D eigenvalue weighted by Gasteiger charge is -2.24. The van der Waals surface area contributed by atoms with Crippen LogP contribution in [0.1, 0.15) is 29.9 Å². The van der Waals surface area contributed by atoms with E-state index in [0.717, 1.165) is 6.07 Å². The summed E-state index contributed by atoms with van der Waals surface area (Å²) in [6.45, 7) is 0. The lowest BCUT2D eigenvalue weighted by molar-refractivity contribution is -0.146. The van der Waals surface area contributed by atoms with Crippen LogP contribution >= 0.6 is 11.8 Å². The Morgan fingerprint density at radius 1 is 1.29 bits per heavy atom. The number of thioether (sulfide) groups is 1. The third kappa shape index (κ3) is 3.11. The first kappa shape index (κ1) is 17.1. The van der Waals surface area contributed by atoms with Crippen molar-refractivity contribution in [3.05, 3.63) is 35.4 Å². The van der Waals surface area contributed by atoms with E-state index in [1.54, 1.807) is 0 Å². The summed E-state index contributed by atoms with van der Waals surface area (Å²) < 4.78 is 39.2.